The van der Waals surface area contributed by atoms with E-state index in [0.29, 0.717) is 13.2 Å². The topological polar surface area (TPSA) is 47.6 Å². The van der Waals surface area contributed by atoms with E-state index < -0.39 is 11.7 Å². The Morgan fingerprint density at radius 3 is 2.52 bits per heavy atom. The first-order chi connectivity index (χ1) is 9.87. The summed E-state index contributed by atoms with van der Waals surface area (Å²) >= 11 is 3.38. The van der Waals surface area contributed by atoms with Gasteiger partial charge in [0.1, 0.15) is 11.4 Å². The van der Waals surface area contributed by atoms with E-state index in [4.69, 9.17) is 9.47 Å². The fourth-order valence-corrected chi connectivity index (χ4v) is 1.70. The molecule has 1 rings (SSSR count). The maximum absolute atomic E-state index is 11.4. The van der Waals surface area contributed by atoms with Gasteiger partial charge in [-0.2, -0.15) is 0 Å². The number of amides is 1. The van der Waals surface area contributed by atoms with Gasteiger partial charge in [-0.25, -0.2) is 4.79 Å². The Labute approximate surface area is 136 Å². The highest BCUT2D eigenvalue weighted by Gasteiger charge is 2.15. The summed E-state index contributed by atoms with van der Waals surface area (Å²) in [5.41, 5.74) is -0.461. The predicted molar refractivity (Wildman–Crippen MR) is 89.8 cm³/mol. The van der Waals surface area contributed by atoms with Crippen LogP contribution < -0.4 is 10.1 Å². The minimum absolute atomic E-state index is 0.394. The lowest BCUT2D eigenvalue weighted by Gasteiger charge is -2.19. The van der Waals surface area contributed by atoms with Crippen LogP contribution >= 0.6 is 15.9 Å². The molecule has 1 N–H and O–H groups in total. The van der Waals surface area contributed by atoms with Crippen molar-refractivity contribution in [1.82, 2.24) is 5.32 Å². The summed E-state index contributed by atoms with van der Waals surface area (Å²) in [6.07, 6.45) is 0.334. The maximum Gasteiger partial charge on any atom is 0.407 e. The molecule has 1 aromatic carbocycles. The first-order valence-corrected chi connectivity index (χ1v) is 8.01. The highest BCUT2D eigenvalue weighted by molar-refractivity contribution is 9.10. The van der Waals surface area contributed by atoms with Crippen LogP contribution in [-0.4, -0.2) is 24.8 Å². The summed E-state index contributed by atoms with van der Waals surface area (Å²) in [6.45, 7) is 10.6. The Hall–Kier alpha value is -1.23. The number of rotatable bonds is 5. The smallest absolute Gasteiger partial charge is 0.407 e. The Kier molecular flexibility index (Phi) is 9.88. The van der Waals surface area contributed by atoms with Crippen LogP contribution in [0.25, 0.3) is 0 Å². The Balaban J connectivity index is 0.00000191. The minimum Gasteiger partial charge on any atom is -0.493 e. The summed E-state index contributed by atoms with van der Waals surface area (Å²) in [5, 5.41) is 2.69. The Morgan fingerprint density at radius 1 is 1.29 bits per heavy atom. The van der Waals surface area contributed by atoms with Crippen LogP contribution in [0.5, 0.6) is 5.75 Å². The quantitative estimate of drug-likeness (QED) is 0.770. The van der Waals surface area contributed by atoms with Crippen LogP contribution in [0.4, 0.5) is 4.79 Å². The third-order valence-electron chi connectivity index (χ3n) is 2.05. The number of nitrogens with one attached hydrogen (secondary N) is 1. The van der Waals surface area contributed by atoms with Crippen LogP contribution in [0.3, 0.4) is 0 Å². The fraction of sp³-hybridized carbons (Fsp3) is 0.562. The second-order valence-electron chi connectivity index (χ2n) is 5.09. The molecule has 0 heterocycles. The van der Waals surface area contributed by atoms with Gasteiger partial charge in [0.15, 0.2) is 0 Å². The zero-order chi connectivity index (χ0) is 16.3. The summed E-state index contributed by atoms with van der Waals surface area (Å²) in [4.78, 5) is 11.4. The number of hydrogen-bond acceptors (Lipinski definition) is 3. The van der Waals surface area contributed by atoms with E-state index in [0.717, 1.165) is 16.6 Å². The monoisotopic (exact) mass is 359 g/mol. The molecule has 0 fully saturated rings. The SMILES string of the molecule is CC.CC(C)(C)OC(=O)NCCCOc1cccc(Br)c1. The summed E-state index contributed by atoms with van der Waals surface area (Å²) < 4.78 is 11.7. The van der Waals surface area contributed by atoms with Crippen molar-refractivity contribution >= 4 is 22.0 Å². The first kappa shape index (κ1) is 19.8. The third kappa shape index (κ3) is 11.1. The lowest BCUT2D eigenvalue weighted by molar-refractivity contribution is 0.0525. The van der Waals surface area contributed by atoms with E-state index in [1.165, 1.54) is 0 Å². The summed E-state index contributed by atoms with van der Waals surface area (Å²) in [7, 11) is 0. The molecule has 0 saturated heterocycles. The van der Waals surface area contributed by atoms with Gasteiger partial charge in [0.05, 0.1) is 6.61 Å². The van der Waals surface area contributed by atoms with E-state index in [1.54, 1.807) is 0 Å². The van der Waals surface area contributed by atoms with E-state index in [2.05, 4.69) is 21.2 Å². The van der Waals surface area contributed by atoms with Crippen molar-refractivity contribution in [3.05, 3.63) is 28.7 Å². The molecule has 1 aromatic rings. The highest BCUT2D eigenvalue weighted by Crippen LogP contribution is 2.17. The molecule has 0 aliphatic heterocycles. The van der Waals surface area contributed by atoms with Gasteiger partial charge >= 0.3 is 6.09 Å². The molecule has 21 heavy (non-hydrogen) atoms. The van der Waals surface area contributed by atoms with Crippen molar-refractivity contribution in [2.45, 2.75) is 46.6 Å². The molecular formula is C16H26BrNO3. The van der Waals surface area contributed by atoms with Gasteiger partial charge in [-0.3, -0.25) is 0 Å². The lowest BCUT2D eigenvalue weighted by Crippen LogP contribution is -2.33. The lowest BCUT2D eigenvalue weighted by atomic mass is 10.2. The molecule has 0 atom stereocenters. The highest BCUT2D eigenvalue weighted by atomic mass is 79.9. The molecule has 0 spiro atoms. The molecular weight excluding hydrogens is 334 g/mol. The molecule has 0 aliphatic carbocycles. The largest absolute Gasteiger partial charge is 0.493 e. The molecule has 0 saturated carbocycles. The normalized spacial score (nSPS) is 10.2. The summed E-state index contributed by atoms with van der Waals surface area (Å²) in [5.74, 6) is 0.812. The maximum atomic E-state index is 11.4. The van der Waals surface area contributed by atoms with Crippen LogP contribution in [0, 0.1) is 0 Å². The van der Waals surface area contributed by atoms with E-state index in [-0.39, 0.29) is 0 Å². The number of halogens is 1. The zero-order valence-corrected chi connectivity index (χ0v) is 15.1. The number of hydrogen-bond donors (Lipinski definition) is 1. The standard InChI is InChI=1S/C14H20BrNO3.C2H6/c1-14(2,3)19-13(17)16-8-5-9-18-12-7-4-6-11(15)10-12;1-2/h4,6-7,10H,5,8-9H2,1-3H3,(H,16,17);1-2H3. The molecule has 0 radical (unpaired) electrons. The number of ether oxygens (including phenoxy) is 2. The van der Waals surface area contributed by atoms with Crippen molar-refractivity contribution in [3.63, 3.8) is 0 Å². The van der Waals surface area contributed by atoms with Crippen LogP contribution in [-0.2, 0) is 4.74 Å². The van der Waals surface area contributed by atoms with Gasteiger partial charge in [0, 0.05) is 11.0 Å². The molecule has 5 heteroatoms. The van der Waals surface area contributed by atoms with E-state index in [9.17, 15) is 4.79 Å². The molecule has 0 aromatic heterocycles. The fourth-order valence-electron chi connectivity index (χ4n) is 1.32. The van der Waals surface area contributed by atoms with Gasteiger partial charge in [0.25, 0.3) is 0 Å². The molecule has 0 aliphatic rings. The van der Waals surface area contributed by atoms with E-state index in [1.807, 2.05) is 58.9 Å². The minimum atomic E-state index is -0.461. The van der Waals surface area contributed by atoms with Gasteiger partial charge < -0.3 is 14.8 Å². The first-order valence-electron chi connectivity index (χ1n) is 7.22. The number of alkyl carbamates (subject to hydrolysis) is 1. The van der Waals surface area contributed by atoms with Gasteiger partial charge in [-0.1, -0.05) is 35.8 Å². The summed E-state index contributed by atoms with van der Waals surface area (Å²) in [6, 6.07) is 7.66. The van der Waals surface area contributed by atoms with Crippen LogP contribution in [0.15, 0.2) is 28.7 Å². The predicted octanol–water partition coefficient (Wildman–Crippen LogP) is 4.77. The molecule has 1 amide bonds. The molecule has 120 valence electrons. The van der Waals surface area contributed by atoms with Crippen LogP contribution in [0.2, 0.25) is 0 Å². The van der Waals surface area contributed by atoms with E-state index >= 15 is 0 Å². The van der Waals surface area contributed by atoms with Gasteiger partial charge in [0.2, 0.25) is 0 Å². The molecule has 0 bridgehead atoms. The van der Waals surface area contributed by atoms with Gasteiger partial charge in [-0.05, 0) is 45.4 Å². The zero-order valence-electron chi connectivity index (χ0n) is 13.5. The number of carbonyl (C=O) groups is 1. The van der Waals surface area contributed by atoms with Crippen molar-refractivity contribution in [2.24, 2.45) is 0 Å². The van der Waals surface area contributed by atoms with Gasteiger partial charge in [-0.15, -0.1) is 0 Å². The van der Waals surface area contributed by atoms with Crippen molar-refractivity contribution in [1.29, 1.82) is 0 Å². The van der Waals surface area contributed by atoms with Crippen LogP contribution in [0.1, 0.15) is 41.0 Å². The Morgan fingerprint density at radius 2 is 1.95 bits per heavy atom. The number of carbonyl (C=O) groups excluding carboxylic acids is 1. The van der Waals surface area contributed by atoms with Crippen molar-refractivity contribution in [3.8, 4) is 5.75 Å². The average molecular weight is 360 g/mol. The molecule has 4 nitrogen and oxygen atoms in total. The number of benzene rings is 1. The average Bonchev–Trinajstić information content (AvgIpc) is 2.38. The molecule has 0 unspecified atom stereocenters. The second-order valence-corrected chi connectivity index (χ2v) is 6.00. The van der Waals surface area contributed by atoms with Crippen molar-refractivity contribution < 1.29 is 14.3 Å². The Bertz CT molecular complexity index is 416. The second kappa shape index (κ2) is 10.5. The third-order valence-corrected chi connectivity index (χ3v) is 2.55. The van der Waals surface area contributed by atoms with Crippen molar-refractivity contribution in [2.75, 3.05) is 13.2 Å².